The van der Waals surface area contributed by atoms with Gasteiger partial charge in [-0.25, -0.2) is 0 Å². The largest absolute Gasteiger partial charge is 0.756 e. The van der Waals surface area contributed by atoms with Gasteiger partial charge in [0.1, 0.15) is 13.2 Å². The van der Waals surface area contributed by atoms with Gasteiger partial charge in [-0.3, -0.25) is 9.36 Å². The van der Waals surface area contributed by atoms with Crippen LogP contribution in [-0.4, -0.2) is 68.5 Å². The molecule has 2 N–H and O–H groups in total. The van der Waals surface area contributed by atoms with Crippen molar-refractivity contribution in [2.24, 2.45) is 0 Å². The first-order valence-corrected chi connectivity index (χ1v) is 29.8. The average molecular weight is 951 g/mol. The molecule has 0 aromatic rings. The highest BCUT2D eigenvalue weighted by Gasteiger charge is 2.23. The summed E-state index contributed by atoms with van der Waals surface area (Å²) < 4.78 is 23.3. The molecule has 3 unspecified atom stereocenters. The second-order valence-corrected chi connectivity index (χ2v) is 22.0. The van der Waals surface area contributed by atoms with Gasteiger partial charge in [0.05, 0.1) is 39.9 Å². The number of unbranched alkanes of at least 4 members (excludes halogenated alkanes) is 35. The Morgan fingerprint density at radius 3 is 1.23 bits per heavy atom. The van der Waals surface area contributed by atoms with Gasteiger partial charge in [-0.15, -0.1) is 0 Å². The predicted octanol–water partition coefficient (Wildman–Crippen LogP) is 16.4. The number of quaternary nitrogens is 1. The fraction of sp³-hybridized carbons (Fsp3) is 0.877. The van der Waals surface area contributed by atoms with Crippen molar-refractivity contribution in [1.29, 1.82) is 0 Å². The van der Waals surface area contributed by atoms with E-state index < -0.39 is 26.6 Å². The lowest BCUT2D eigenvalue weighted by atomic mass is 10.0. The third-order valence-corrected chi connectivity index (χ3v) is 13.8. The van der Waals surface area contributed by atoms with E-state index in [9.17, 15) is 19.4 Å². The van der Waals surface area contributed by atoms with Gasteiger partial charge in [0.25, 0.3) is 7.82 Å². The van der Waals surface area contributed by atoms with E-state index >= 15 is 0 Å². The summed E-state index contributed by atoms with van der Waals surface area (Å²) in [6.45, 7) is 4.66. The van der Waals surface area contributed by atoms with Crippen LogP contribution in [0.15, 0.2) is 36.5 Å². The average Bonchev–Trinajstić information content (AvgIpc) is 3.28. The molecule has 8 nitrogen and oxygen atoms in total. The van der Waals surface area contributed by atoms with Crippen LogP contribution in [0.2, 0.25) is 0 Å². The first-order chi connectivity index (χ1) is 32.0. The van der Waals surface area contributed by atoms with Crippen LogP contribution in [0.25, 0.3) is 0 Å². The van der Waals surface area contributed by atoms with Crippen LogP contribution in [0, 0.1) is 0 Å². The van der Waals surface area contributed by atoms with Crippen LogP contribution in [0.3, 0.4) is 0 Å². The Morgan fingerprint density at radius 2 is 0.848 bits per heavy atom. The van der Waals surface area contributed by atoms with E-state index in [2.05, 4.69) is 43.5 Å². The second-order valence-electron chi connectivity index (χ2n) is 20.6. The lowest BCUT2D eigenvalue weighted by molar-refractivity contribution is -0.870. The maximum Gasteiger partial charge on any atom is 0.268 e. The van der Waals surface area contributed by atoms with E-state index in [1.165, 1.54) is 212 Å². The third-order valence-electron chi connectivity index (χ3n) is 12.8. The van der Waals surface area contributed by atoms with Gasteiger partial charge in [-0.05, 0) is 57.8 Å². The molecule has 66 heavy (non-hydrogen) atoms. The maximum absolute atomic E-state index is 12.9. The summed E-state index contributed by atoms with van der Waals surface area (Å²) in [5.41, 5.74) is 0. The molecule has 0 aliphatic heterocycles. The molecule has 0 aromatic heterocycles. The molecule has 3 atom stereocenters. The van der Waals surface area contributed by atoms with E-state index in [0.717, 1.165) is 38.5 Å². The lowest BCUT2D eigenvalue weighted by Crippen LogP contribution is -2.45. The Balaban J connectivity index is 4.24. The van der Waals surface area contributed by atoms with Crippen molar-refractivity contribution in [3.63, 3.8) is 0 Å². The Labute approximate surface area is 410 Å². The van der Waals surface area contributed by atoms with Gasteiger partial charge in [-0.1, -0.05) is 243 Å². The lowest BCUT2D eigenvalue weighted by Gasteiger charge is -2.29. The van der Waals surface area contributed by atoms with Crippen molar-refractivity contribution in [3.05, 3.63) is 36.5 Å². The number of hydrogen-bond donors (Lipinski definition) is 2. The summed E-state index contributed by atoms with van der Waals surface area (Å²) >= 11 is 0. The quantitative estimate of drug-likeness (QED) is 0.0272. The third kappa shape index (κ3) is 50.6. The number of carbonyl (C=O) groups excluding carboxylic acids is 1. The molecule has 9 heteroatoms. The van der Waals surface area contributed by atoms with E-state index in [0.29, 0.717) is 17.4 Å². The summed E-state index contributed by atoms with van der Waals surface area (Å²) in [6, 6.07) is -0.904. The summed E-state index contributed by atoms with van der Waals surface area (Å²) in [4.78, 5) is 25.5. The molecular formula is C57H111N2O6P. The Bertz CT molecular complexity index is 1170. The van der Waals surface area contributed by atoms with Crippen molar-refractivity contribution < 1.29 is 32.9 Å². The van der Waals surface area contributed by atoms with Crippen LogP contribution in [0.5, 0.6) is 0 Å². The molecule has 1 amide bonds. The molecule has 0 fully saturated rings. The molecule has 0 spiro atoms. The number of rotatable bonds is 52. The highest BCUT2D eigenvalue weighted by atomic mass is 31.2. The number of nitrogens with one attached hydrogen (secondary N) is 1. The van der Waals surface area contributed by atoms with Gasteiger partial charge >= 0.3 is 0 Å². The molecule has 0 saturated carbocycles. The zero-order valence-corrected chi connectivity index (χ0v) is 45.3. The topological polar surface area (TPSA) is 108 Å². The number of nitrogens with zero attached hydrogens (tertiary/aromatic N) is 1. The van der Waals surface area contributed by atoms with Gasteiger partial charge in [0.2, 0.25) is 5.91 Å². The van der Waals surface area contributed by atoms with Crippen LogP contribution in [-0.2, 0) is 18.4 Å². The molecule has 0 radical (unpaired) electrons. The highest BCUT2D eigenvalue weighted by Crippen LogP contribution is 2.38. The van der Waals surface area contributed by atoms with E-state index in [1.807, 2.05) is 27.2 Å². The first kappa shape index (κ1) is 64.7. The molecule has 0 heterocycles. The van der Waals surface area contributed by atoms with Crippen molar-refractivity contribution in [2.75, 3.05) is 40.9 Å². The molecule has 0 aliphatic rings. The molecule has 390 valence electrons. The van der Waals surface area contributed by atoms with Gasteiger partial charge < -0.3 is 28.8 Å². The Morgan fingerprint density at radius 1 is 0.515 bits per heavy atom. The number of phosphoric acid groups is 1. The number of aliphatic hydroxyl groups excluding tert-OH is 1. The van der Waals surface area contributed by atoms with Crippen molar-refractivity contribution in [3.8, 4) is 0 Å². The maximum atomic E-state index is 12.9. The van der Waals surface area contributed by atoms with E-state index in [1.54, 1.807) is 6.08 Å². The smallest absolute Gasteiger partial charge is 0.268 e. The minimum atomic E-state index is -4.60. The fourth-order valence-electron chi connectivity index (χ4n) is 8.34. The first-order valence-electron chi connectivity index (χ1n) is 28.4. The van der Waals surface area contributed by atoms with Crippen molar-refractivity contribution >= 4 is 13.7 Å². The Hall–Kier alpha value is -1.28. The normalized spacial score (nSPS) is 14.2. The number of likely N-dealkylation sites (N-methyl/N-ethyl adjacent to an activating group) is 1. The summed E-state index contributed by atoms with van der Waals surface area (Å²) in [5, 5.41) is 13.9. The molecule has 0 bridgehead atoms. The highest BCUT2D eigenvalue weighted by molar-refractivity contribution is 7.45. The van der Waals surface area contributed by atoms with Crippen molar-refractivity contribution in [1.82, 2.24) is 5.32 Å². The SMILES string of the molecule is CCCCCCCCCCCCCC/C=C\CCCCCCCCCCCC(=O)NC(COP(=O)([O-])OCC[N+](C)(C)C)C(O)/C=C/CC/C=C/CCCCCCCCCCCCCCC. The van der Waals surface area contributed by atoms with Crippen molar-refractivity contribution in [2.45, 2.75) is 283 Å². The molecular weight excluding hydrogens is 840 g/mol. The molecule has 0 aliphatic carbocycles. The van der Waals surface area contributed by atoms with Crippen LogP contribution < -0.4 is 10.2 Å². The van der Waals surface area contributed by atoms with Crippen LogP contribution in [0.1, 0.15) is 271 Å². The monoisotopic (exact) mass is 951 g/mol. The number of phosphoric ester groups is 1. The van der Waals surface area contributed by atoms with Crippen LogP contribution in [0.4, 0.5) is 0 Å². The fourth-order valence-corrected chi connectivity index (χ4v) is 9.06. The van der Waals surface area contributed by atoms with E-state index in [4.69, 9.17) is 9.05 Å². The van der Waals surface area contributed by atoms with Gasteiger partial charge in [0, 0.05) is 6.42 Å². The summed E-state index contributed by atoms with van der Waals surface area (Å²) in [7, 11) is 1.25. The number of carbonyl (C=O) groups is 1. The summed E-state index contributed by atoms with van der Waals surface area (Å²) in [6.07, 6.45) is 62.2. The van der Waals surface area contributed by atoms with Crippen LogP contribution >= 0.6 is 7.82 Å². The summed E-state index contributed by atoms with van der Waals surface area (Å²) in [5.74, 6) is -0.207. The number of hydrogen-bond acceptors (Lipinski definition) is 6. The zero-order chi connectivity index (χ0) is 48.5. The van der Waals surface area contributed by atoms with Gasteiger partial charge in [0.15, 0.2) is 0 Å². The number of aliphatic hydroxyl groups is 1. The van der Waals surface area contributed by atoms with E-state index in [-0.39, 0.29) is 12.5 Å². The number of allylic oxidation sites excluding steroid dienone is 5. The second kappa shape index (κ2) is 48.7. The number of amides is 1. The predicted molar refractivity (Wildman–Crippen MR) is 284 cm³/mol. The standard InChI is InChI=1S/C57H111N2O6P/c1-6-8-10-12-14-16-18-20-22-24-26-27-28-29-30-31-33-35-37-39-41-43-45-47-49-51-57(61)58-55(54-65-66(62,63)64-53-52-59(3,4)5)56(60)50-48-46-44-42-40-38-36-34-32-25-23-21-19-17-15-13-11-9-7-2/h29-30,40,42,48,50,55-56,60H,6-28,31-39,41,43-47,49,51-54H2,1-5H3,(H-,58,61,62,63)/b30-29-,42-40+,50-48+. The Kier molecular flexibility index (Phi) is 47.8. The zero-order valence-electron chi connectivity index (χ0n) is 44.4. The van der Waals surface area contributed by atoms with Gasteiger partial charge in [-0.2, -0.15) is 0 Å². The minimum Gasteiger partial charge on any atom is -0.756 e. The molecule has 0 rings (SSSR count). The molecule has 0 saturated heterocycles. The molecule has 0 aromatic carbocycles. The minimum absolute atomic E-state index is 0.00613.